The van der Waals surface area contributed by atoms with Crippen LogP contribution in [0.3, 0.4) is 0 Å². The molecule has 0 bridgehead atoms. The Morgan fingerprint density at radius 3 is 2.19 bits per heavy atom. The number of alkyl halides is 1. The van der Waals surface area contributed by atoms with Gasteiger partial charge >= 0.3 is 0 Å². The molecule has 0 unspecified atom stereocenters. The van der Waals surface area contributed by atoms with E-state index in [0.717, 1.165) is 32.5 Å². The van der Waals surface area contributed by atoms with Crippen molar-refractivity contribution < 1.29 is 9.18 Å². The van der Waals surface area contributed by atoms with E-state index in [2.05, 4.69) is 17.1 Å². The standard InChI is InChI=1S/C7H14FN.C5H11NO/c1-2-9-5-3-7(8)4-6-9;1-4(2)5(7)6-3/h7H,2-6H2,1H3;4H,1-3H3,(H,6,7). The molecule has 1 fully saturated rings. The summed E-state index contributed by atoms with van der Waals surface area (Å²) in [7, 11) is 1.64. The molecule has 0 atom stereocenters. The van der Waals surface area contributed by atoms with E-state index < -0.39 is 6.17 Å². The Balaban J connectivity index is 0.000000293. The van der Waals surface area contributed by atoms with Crippen LogP contribution >= 0.6 is 0 Å². The third-order valence-corrected chi connectivity index (χ3v) is 2.74. The summed E-state index contributed by atoms with van der Waals surface area (Å²) in [6.07, 6.45) is 0.967. The molecule has 0 radical (unpaired) electrons. The molecule has 1 aliphatic heterocycles. The van der Waals surface area contributed by atoms with E-state index in [1.54, 1.807) is 7.05 Å². The highest BCUT2D eigenvalue weighted by atomic mass is 19.1. The topological polar surface area (TPSA) is 32.3 Å². The predicted molar refractivity (Wildman–Crippen MR) is 65.1 cm³/mol. The maximum absolute atomic E-state index is 12.5. The van der Waals surface area contributed by atoms with Gasteiger partial charge in [-0.25, -0.2) is 4.39 Å². The highest BCUT2D eigenvalue weighted by Crippen LogP contribution is 2.11. The molecular weight excluding hydrogens is 207 g/mol. The number of carbonyl (C=O) groups excluding carboxylic acids is 1. The molecule has 1 heterocycles. The van der Waals surface area contributed by atoms with Gasteiger partial charge in [0.15, 0.2) is 0 Å². The number of carbonyl (C=O) groups is 1. The smallest absolute Gasteiger partial charge is 0.222 e. The van der Waals surface area contributed by atoms with Gasteiger partial charge < -0.3 is 10.2 Å². The van der Waals surface area contributed by atoms with Gasteiger partial charge in [0.05, 0.1) is 0 Å². The minimum atomic E-state index is -0.521. The molecule has 1 N–H and O–H groups in total. The lowest BCUT2D eigenvalue weighted by atomic mass is 10.1. The zero-order valence-electron chi connectivity index (χ0n) is 10.9. The second-order valence-electron chi connectivity index (χ2n) is 4.38. The van der Waals surface area contributed by atoms with E-state index in [-0.39, 0.29) is 11.8 Å². The molecule has 0 aliphatic carbocycles. The fourth-order valence-electron chi connectivity index (χ4n) is 1.51. The molecule has 1 amide bonds. The summed E-state index contributed by atoms with van der Waals surface area (Å²) in [6, 6.07) is 0. The van der Waals surface area contributed by atoms with Crippen molar-refractivity contribution in [2.24, 2.45) is 5.92 Å². The van der Waals surface area contributed by atoms with Crippen molar-refractivity contribution in [1.29, 1.82) is 0 Å². The van der Waals surface area contributed by atoms with Crippen molar-refractivity contribution in [2.45, 2.75) is 39.8 Å². The molecule has 0 saturated carbocycles. The lowest BCUT2D eigenvalue weighted by molar-refractivity contribution is -0.123. The van der Waals surface area contributed by atoms with Crippen LogP contribution in [0.2, 0.25) is 0 Å². The molecule has 4 heteroatoms. The van der Waals surface area contributed by atoms with Crippen molar-refractivity contribution in [3.05, 3.63) is 0 Å². The summed E-state index contributed by atoms with van der Waals surface area (Å²) in [6.45, 7) is 8.83. The molecule has 0 aromatic carbocycles. The first-order valence-corrected chi connectivity index (χ1v) is 6.09. The molecule has 0 aromatic rings. The Labute approximate surface area is 98.4 Å². The summed E-state index contributed by atoms with van der Waals surface area (Å²) in [5.74, 6) is 0.213. The fourth-order valence-corrected chi connectivity index (χ4v) is 1.51. The van der Waals surface area contributed by atoms with Crippen LogP contribution in [-0.4, -0.2) is 43.7 Å². The van der Waals surface area contributed by atoms with Crippen LogP contribution in [0.5, 0.6) is 0 Å². The number of hydrogen-bond acceptors (Lipinski definition) is 2. The van der Waals surface area contributed by atoms with Crippen LogP contribution in [0.1, 0.15) is 33.6 Å². The molecule has 0 spiro atoms. The number of halogens is 1. The molecule has 1 rings (SSSR count). The van der Waals surface area contributed by atoms with Crippen molar-refractivity contribution in [1.82, 2.24) is 10.2 Å². The van der Waals surface area contributed by atoms with Gasteiger partial charge in [-0.3, -0.25) is 4.79 Å². The number of rotatable bonds is 2. The first kappa shape index (κ1) is 15.4. The highest BCUT2D eigenvalue weighted by molar-refractivity contribution is 5.77. The van der Waals surface area contributed by atoms with Crippen LogP contribution in [0.15, 0.2) is 0 Å². The minimum absolute atomic E-state index is 0.0972. The molecule has 1 saturated heterocycles. The van der Waals surface area contributed by atoms with Gasteiger partial charge in [0.25, 0.3) is 0 Å². The molecule has 96 valence electrons. The fraction of sp³-hybridized carbons (Fsp3) is 0.917. The minimum Gasteiger partial charge on any atom is -0.359 e. The van der Waals surface area contributed by atoms with Gasteiger partial charge in [-0.1, -0.05) is 20.8 Å². The van der Waals surface area contributed by atoms with Crippen LogP contribution in [0.25, 0.3) is 0 Å². The first-order valence-electron chi connectivity index (χ1n) is 6.09. The third-order valence-electron chi connectivity index (χ3n) is 2.74. The van der Waals surface area contributed by atoms with Gasteiger partial charge in [-0.15, -0.1) is 0 Å². The zero-order valence-corrected chi connectivity index (χ0v) is 10.9. The maximum Gasteiger partial charge on any atom is 0.222 e. The largest absolute Gasteiger partial charge is 0.359 e. The summed E-state index contributed by atoms with van der Waals surface area (Å²) in [5.41, 5.74) is 0. The van der Waals surface area contributed by atoms with Crippen LogP contribution in [0, 0.1) is 5.92 Å². The Morgan fingerprint density at radius 2 is 1.94 bits per heavy atom. The normalized spacial score (nSPS) is 17.9. The van der Waals surface area contributed by atoms with Crippen LogP contribution in [-0.2, 0) is 4.79 Å². The van der Waals surface area contributed by atoms with E-state index in [1.807, 2.05) is 13.8 Å². The first-order chi connectivity index (χ1) is 7.51. The lowest BCUT2D eigenvalue weighted by Gasteiger charge is -2.26. The van der Waals surface area contributed by atoms with Crippen LogP contribution < -0.4 is 5.32 Å². The number of piperidine rings is 1. The summed E-state index contributed by atoms with van der Waals surface area (Å²) in [4.78, 5) is 12.7. The molecule has 3 nitrogen and oxygen atoms in total. The SMILES string of the molecule is CCN1CCC(F)CC1.CNC(=O)C(C)C. The average molecular weight is 232 g/mol. The number of nitrogens with one attached hydrogen (secondary N) is 1. The molecule has 16 heavy (non-hydrogen) atoms. The van der Waals surface area contributed by atoms with Crippen molar-refractivity contribution in [2.75, 3.05) is 26.7 Å². The number of likely N-dealkylation sites (tertiary alicyclic amines) is 1. The Hall–Kier alpha value is -0.640. The van der Waals surface area contributed by atoms with E-state index in [4.69, 9.17) is 0 Å². The van der Waals surface area contributed by atoms with Gasteiger partial charge in [-0.2, -0.15) is 0 Å². The molecular formula is C12H25FN2O. The number of nitrogens with zero attached hydrogens (tertiary/aromatic N) is 1. The summed E-state index contributed by atoms with van der Waals surface area (Å²) in [5, 5.41) is 2.53. The highest BCUT2D eigenvalue weighted by Gasteiger charge is 2.15. The number of amides is 1. The van der Waals surface area contributed by atoms with Gasteiger partial charge in [0, 0.05) is 26.1 Å². The van der Waals surface area contributed by atoms with E-state index >= 15 is 0 Å². The quantitative estimate of drug-likeness (QED) is 0.788. The van der Waals surface area contributed by atoms with E-state index in [1.165, 1.54) is 0 Å². The third kappa shape index (κ3) is 6.77. The molecule has 0 aromatic heterocycles. The maximum atomic E-state index is 12.5. The lowest BCUT2D eigenvalue weighted by Crippen LogP contribution is -2.33. The van der Waals surface area contributed by atoms with E-state index in [0.29, 0.717) is 0 Å². The summed E-state index contributed by atoms with van der Waals surface area (Å²) < 4.78 is 12.5. The Kier molecular flexibility index (Phi) is 8.16. The zero-order chi connectivity index (χ0) is 12.6. The number of hydrogen-bond donors (Lipinski definition) is 1. The van der Waals surface area contributed by atoms with Crippen LogP contribution in [0.4, 0.5) is 4.39 Å². The van der Waals surface area contributed by atoms with Crippen molar-refractivity contribution in [3.63, 3.8) is 0 Å². The summed E-state index contributed by atoms with van der Waals surface area (Å²) >= 11 is 0. The van der Waals surface area contributed by atoms with E-state index in [9.17, 15) is 9.18 Å². The monoisotopic (exact) mass is 232 g/mol. The second-order valence-corrected chi connectivity index (χ2v) is 4.38. The van der Waals surface area contributed by atoms with Crippen molar-refractivity contribution >= 4 is 5.91 Å². The molecule has 1 aliphatic rings. The average Bonchev–Trinajstić information content (AvgIpc) is 2.29. The van der Waals surface area contributed by atoms with Gasteiger partial charge in [0.2, 0.25) is 5.91 Å². The predicted octanol–water partition coefficient (Wildman–Crippen LogP) is 1.83. The van der Waals surface area contributed by atoms with Crippen molar-refractivity contribution in [3.8, 4) is 0 Å². The Bertz CT molecular complexity index is 189. The van der Waals surface area contributed by atoms with Gasteiger partial charge in [-0.05, 0) is 19.4 Å². The Morgan fingerprint density at radius 1 is 1.44 bits per heavy atom. The van der Waals surface area contributed by atoms with Gasteiger partial charge in [0.1, 0.15) is 6.17 Å². The second kappa shape index (κ2) is 8.50.